The molecule has 0 aromatic heterocycles. The van der Waals surface area contributed by atoms with Crippen molar-refractivity contribution < 1.29 is 13.2 Å². The zero-order valence-electron chi connectivity index (χ0n) is 14.0. The fraction of sp³-hybridized carbons (Fsp3) is 0.333. The lowest BCUT2D eigenvalue weighted by molar-refractivity contribution is 0.00698. The molecule has 0 amide bonds. The Hall–Kier alpha value is -1.40. The maximum atomic E-state index is 12.4. The Kier molecular flexibility index (Phi) is 6.04. The van der Waals surface area contributed by atoms with Crippen LogP contribution in [0.4, 0.5) is 0 Å². The van der Waals surface area contributed by atoms with Crippen molar-refractivity contribution in [2.75, 3.05) is 13.7 Å². The van der Waals surface area contributed by atoms with Gasteiger partial charge in [-0.2, -0.15) is 0 Å². The van der Waals surface area contributed by atoms with Crippen molar-refractivity contribution in [1.82, 2.24) is 4.72 Å². The summed E-state index contributed by atoms with van der Waals surface area (Å²) in [7, 11) is -1.92. The predicted octanol–water partition coefficient (Wildman–Crippen LogP) is 3.63. The van der Waals surface area contributed by atoms with Crippen LogP contribution in [-0.2, 0) is 26.1 Å². The Morgan fingerprint density at radius 1 is 1.17 bits per heavy atom. The number of ether oxygens (including phenoxy) is 1. The molecule has 0 aliphatic heterocycles. The van der Waals surface area contributed by atoms with Gasteiger partial charge < -0.3 is 4.74 Å². The molecule has 0 saturated heterocycles. The minimum Gasteiger partial charge on any atom is -0.372 e. The van der Waals surface area contributed by atoms with Crippen molar-refractivity contribution in [1.29, 1.82) is 0 Å². The van der Waals surface area contributed by atoms with Gasteiger partial charge in [-0.3, -0.25) is 0 Å². The van der Waals surface area contributed by atoms with Crippen LogP contribution in [0.1, 0.15) is 23.6 Å². The lowest BCUT2D eigenvalue weighted by atomic mass is 9.96. The lowest BCUT2D eigenvalue weighted by Crippen LogP contribution is -2.40. The largest absolute Gasteiger partial charge is 0.372 e. The number of benzene rings is 2. The summed E-state index contributed by atoms with van der Waals surface area (Å²) in [6.07, 6.45) is 0. The van der Waals surface area contributed by atoms with Crippen molar-refractivity contribution in [3.8, 4) is 0 Å². The average Bonchev–Trinajstić information content (AvgIpc) is 2.52. The molecule has 2 aromatic carbocycles. The second-order valence-corrected chi connectivity index (χ2v) is 8.26. The summed E-state index contributed by atoms with van der Waals surface area (Å²) in [6.45, 7) is 3.89. The third kappa shape index (κ3) is 5.05. The third-order valence-electron chi connectivity index (χ3n) is 3.95. The number of hydrogen-bond acceptors (Lipinski definition) is 3. The van der Waals surface area contributed by atoms with E-state index < -0.39 is 15.6 Å². The first kappa shape index (κ1) is 18.9. The molecule has 24 heavy (non-hydrogen) atoms. The van der Waals surface area contributed by atoms with E-state index in [1.807, 2.05) is 44.2 Å². The summed E-state index contributed by atoms with van der Waals surface area (Å²) < 4.78 is 33.0. The summed E-state index contributed by atoms with van der Waals surface area (Å²) in [4.78, 5) is 0. The van der Waals surface area contributed by atoms with E-state index in [0.29, 0.717) is 5.02 Å². The number of methoxy groups -OCH3 is 1. The van der Waals surface area contributed by atoms with E-state index >= 15 is 0 Å². The second kappa shape index (κ2) is 7.66. The molecule has 0 fully saturated rings. The quantitative estimate of drug-likeness (QED) is 0.813. The van der Waals surface area contributed by atoms with Gasteiger partial charge in [0.15, 0.2) is 0 Å². The van der Waals surface area contributed by atoms with Crippen LogP contribution in [0.5, 0.6) is 0 Å². The molecule has 0 unspecified atom stereocenters. The van der Waals surface area contributed by atoms with Gasteiger partial charge in [0, 0.05) is 18.7 Å². The molecule has 0 spiro atoms. The molecule has 0 radical (unpaired) electrons. The van der Waals surface area contributed by atoms with Crippen molar-refractivity contribution in [2.24, 2.45) is 0 Å². The van der Waals surface area contributed by atoms with Gasteiger partial charge in [0.05, 0.1) is 5.75 Å². The van der Waals surface area contributed by atoms with E-state index in [1.54, 1.807) is 25.3 Å². The van der Waals surface area contributed by atoms with Crippen LogP contribution >= 0.6 is 11.6 Å². The van der Waals surface area contributed by atoms with E-state index in [2.05, 4.69) is 4.72 Å². The van der Waals surface area contributed by atoms with E-state index in [0.717, 1.165) is 16.7 Å². The zero-order valence-corrected chi connectivity index (χ0v) is 15.6. The maximum absolute atomic E-state index is 12.4. The highest BCUT2D eigenvalue weighted by Gasteiger charge is 2.28. The Morgan fingerprint density at radius 3 is 2.50 bits per heavy atom. The van der Waals surface area contributed by atoms with Gasteiger partial charge >= 0.3 is 0 Å². The van der Waals surface area contributed by atoms with Gasteiger partial charge in [0.1, 0.15) is 5.60 Å². The van der Waals surface area contributed by atoms with Gasteiger partial charge in [-0.05, 0) is 37.1 Å². The molecule has 4 nitrogen and oxygen atoms in total. The molecule has 130 valence electrons. The number of hydrogen-bond donors (Lipinski definition) is 1. The second-order valence-electron chi connectivity index (χ2n) is 6.01. The fourth-order valence-electron chi connectivity index (χ4n) is 2.43. The molecule has 0 saturated carbocycles. The monoisotopic (exact) mass is 367 g/mol. The Balaban J connectivity index is 2.11. The van der Waals surface area contributed by atoms with Crippen molar-refractivity contribution in [2.45, 2.75) is 25.2 Å². The van der Waals surface area contributed by atoms with Crippen LogP contribution in [0, 0.1) is 6.92 Å². The van der Waals surface area contributed by atoms with Gasteiger partial charge in [0.2, 0.25) is 10.0 Å². The van der Waals surface area contributed by atoms with Crippen molar-refractivity contribution in [3.05, 3.63) is 70.2 Å². The van der Waals surface area contributed by atoms with Gasteiger partial charge in [-0.25, -0.2) is 13.1 Å². The summed E-state index contributed by atoms with van der Waals surface area (Å²) in [5.74, 6) is -0.0655. The standard InChI is InChI=1S/C18H22ClNO3S/c1-14-6-4-7-15(10-14)12-24(21,22)20-13-18(2,23-3)16-8-5-9-17(19)11-16/h4-11,20H,12-13H2,1-3H3/t18-/m1/s1. The number of rotatable bonds is 7. The Morgan fingerprint density at radius 2 is 1.88 bits per heavy atom. The molecule has 0 aliphatic carbocycles. The number of nitrogens with one attached hydrogen (secondary N) is 1. The van der Waals surface area contributed by atoms with E-state index in [-0.39, 0.29) is 12.3 Å². The molecule has 0 aliphatic rings. The molecule has 1 atom stereocenters. The SMILES string of the molecule is CO[C@](C)(CNS(=O)(=O)Cc1cccc(C)c1)c1cccc(Cl)c1. The van der Waals surface area contributed by atoms with Crippen molar-refractivity contribution >= 4 is 21.6 Å². The molecular formula is C18H22ClNO3S. The molecule has 2 aromatic rings. The zero-order chi connectivity index (χ0) is 17.8. The molecule has 0 heterocycles. The first-order chi connectivity index (χ1) is 11.2. The highest BCUT2D eigenvalue weighted by atomic mass is 35.5. The number of halogens is 1. The molecular weight excluding hydrogens is 346 g/mol. The maximum Gasteiger partial charge on any atom is 0.215 e. The van der Waals surface area contributed by atoms with Crippen LogP contribution in [0.25, 0.3) is 0 Å². The molecule has 1 N–H and O–H groups in total. The van der Waals surface area contributed by atoms with Gasteiger partial charge in [-0.15, -0.1) is 0 Å². The normalized spacial score (nSPS) is 14.3. The predicted molar refractivity (Wildman–Crippen MR) is 97.6 cm³/mol. The van der Waals surface area contributed by atoms with Crippen LogP contribution in [0.2, 0.25) is 5.02 Å². The minimum atomic E-state index is -3.48. The summed E-state index contributed by atoms with van der Waals surface area (Å²) >= 11 is 6.03. The van der Waals surface area contributed by atoms with Gasteiger partial charge in [-0.1, -0.05) is 53.6 Å². The average molecular weight is 368 g/mol. The van der Waals surface area contributed by atoms with Crippen LogP contribution in [-0.4, -0.2) is 22.1 Å². The molecule has 6 heteroatoms. The van der Waals surface area contributed by atoms with Crippen LogP contribution in [0.3, 0.4) is 0 Å². The van der Waals surface area contributed by atoms with Gasteiger partial charge in [0.25, 0.3) is 0 Å². The first-order valence-corrected chi connectivity index (χ1v) is 9.61. The Labute approximate surface area is 148 Å². The summed E-state index contributed by atoms with van der Waals surface area (Å²) in [6, 6.07) is 14.7. The summed E-state index contributed by atoms with van der Waals surface area (Å²) in [5.41, 5.74) is 1.80. The topological polar surface area (TPSA) is 55.4 Å². The first-order valence-electron chi connectivity index (χ1n) is 7.58. The molecule has 2 rings (SSSR count). The smallest absolute Gasteiger partial charge is 0.215 e. The molecule has 0 bridgehead atoms. The summed E-state index contributed by atoms with van der Waals surface area (Å²) in [5, 5.41) is 0.582. The van der Waals surface area contributed by atoms with E-state index in [4.69, 9.17) is 16.3 Å². The van der Waals surface area contributed by atoms with Crippen molar-refractivity contribution in [3.63, 3.8) is 0 Å². The van der Waals surface area contributed by atoms with E-state index in [1.165, 1.54) is 0 Å². The number of aryl methyl sites for hydroxylation is 1. The highest BCUT2D eigenvalue weighted by molar-refractivity contribution is 7.88. The third-order valence-corrected chi connectivity index (χ3v) is 5.49. The highest BCUT2D eigenvalue weighted by Crippen LogP contribution is 2.26. The van der Waals surface area contributed by atoms with Crippen LogP contribution in [0.15, 0.2) is 48.5 Å². The lowest BCUT2D eigenvalue weighted by Gasteiger charge is -2.29. The van der Waals surface area contributed by atoms with Crippen LogP contribution < -0.4 is 4.72 Å². The minimum absolute atomic E-state index is 0.0655. The fourth-order valence-corrected chi connectivity index (χ4v) is 3.84. The Bertz CT molecular complexity index is 807. The number of sulfonamides is 1. The van der Waals surface area contributed by atoms with E-state index in [9.17, 15) is 8.42 Å².